The van der Waals surface area contributed by atoms with Crippen LogP contribution in [0.5, 0.6) is 0 Å². The summed E-state index contributed by atoms with van der Waals surface area (Å²) in [6.45, 7) is 5.45. The van der Waals surface area contributed by atoms with Crippen LogP contribution in [-0.2, 0) is 9.53 Å². The van der Waals surface area contributed by atoms with Crippen LogP contribution in [0.25, 0.3) is 0 Å². The van der Waals surface area contributed by atoms with Crippen LogP contribution in [0.4, 0.5) is 0 Å². The highest BCUT2D eigenvalue weighted by Crippen LogP contribution is 2.12. The second-order valence-corrected chi connectivity index (χ2v) is 3.57. The number of ketones is 1. The van der Waals surface area contributed by atoms with Crippen LogP contribution in [-0.4, -0.2) is 28.3 Å². The lowest BCUT2D eigenvalue weighted by Gasteiger charge is -2.11. The van der Waals surface area contributed by atoms with Crippen LogP contribution in [0.2, 0.25) is 0 Å². The summed E-state index contributed by atoms with van der Waals surface area (Å²) in [5.74, 6) is -1.06. The zero-order valence-electron chi connectivity index (χ0n) is 10.3. The molecule has 5 heteroatoms. The number of carbonyl (C=O) groups excluding carboxylic acids is 2. The molecule has 0 bridgehead atoms. The number of rotatable bonds is 5. The van der Waals surface area contributed by atoms with E-state index in [1.165, 1.54) is 12.3 Å². The molecule has 1 heterocycles. The van der Waals surface area contributed by atoms with E-state index in [1.807, 2.05) is 0 Å². The fourth-order valence-corrected chi connectivity index (χ4v) is 1.47. The van der Waals surface area contributed by atoms with Gasteiger partial charge in [0.15, 0.2) is 5.78 Å². The van der Waals surface area contributed by atoms with Gasteiger partial charge in [0.25, 0.3) is 0 Å². The maximum absolute atomic E-state index is 12.1. The molecule has 0 aliphatic heterocycles. The highest BCUT2D eigenvalue weighted by Gasteiger charge is 2.28. The van der Waals surface area contributed by atoms with Crippen LogP contribution in [0.1, 0.15) is 36.6 Å². The maximum Gasteiger partial charge on any atom is 0.316 e. The first-order valence-electron chi connectivity index (χ1n) is 5.60. The first-order valence-corrected chi connectivity index (χ1v) is 5.60. The normalized spacial score (nSPS) is 11.9. The van der Waals surface area contributed by atoms with E-state index >= 15 is 0 Å². The van der Waals surface area contributed by atoms with Crippen molar-refractivity contribution in [2.45, 2.75) is 27.2 Å². The van der Waals surface area contributed by atoms with Crippen molar-refractivity contribution in [1.29, 1.82) is 0 Å². The summed E-state index contributed by atoms with van der Waals surface area (Å²) in [5.41, 5.74) is 0.261. The van der Waals surface area contributed by atoms with Gasteiger partial charge in [-0.25, -0.2) is 9.97 Å². The fourth-order valence-electron chi connectivity index (χ4n) is 1.47. The Balaban J connectivity index is 2.90. The van der Waals surface area contributed by atoms with E-state index in [1.54, 1.807) is 20.8 Å². The summed E-state index contributed by atoms with van der Waals surface area (Å²) in [4.78, 5) is 31.6. The number of aromatic nitrogens is 2. The first-order chi connectivity index (χ1) is 8.10. The second kappa shape index (κ2) is 6.08. The van der Waals surface area contributed by atoms with E-state index in [0.717, 1.165) is 0 Å². The molecule has 0 spiro atoms. The maximum atomic E-state index is 12.1. The third kappa shape index (κ3) is 3.34. The Labute approximate surface area is 100 Å². The summed E-state index contributed by atoms with van der Waals surface area (Å²) >= 11 is 0. The smallest absolute Gasteiger partial charge is 0.316 e. The van der Waals surface area contributed by atoms with Crippen LogP contribution in [0.15, 0.2) is 12.3 Å². The third-order valence-corrected chi connectivity index (χ3v) is 2.32. The Morgan fingerprint density at radius 2 is 2.12 bits per heavy atom. The molecule has 0 amide bonds. The van der Waals surface area contributed by atoms with Gasteiger partial charge in [-0.2, -0.15) is 0 Å². The standard InChI is InChI=1S/C12H16N2O3/c1-4-9(12(16)17-5-2)11(15)10-6-7-13-8(3)14-10/h6-7,9H,4-5H2,1-3H3. The van der Waals surface area contributed by atoms with Gasteiger partial charge in [0.1, 0.15) is 17.4 Å². The fraction of sp³-hybridized carbons (Fsp3) is 0.500. The minimum atomic E-state index is -0.774. The molecule has 92 valence electrons. The third-order valence-electron chi connectivity index (χ3n) is 2.32. The summed E-state index contributed by atoms with van der Waals surface area (Å²) < 4.78 is 4.86. The predicted molar refractivity (Wildman–Crippen MR) is 61.5 cm³/mol. The van der Waals surface area contributed by atoms with Crippen LogP contribution in [0.3, 0.4) is 0 Å². The Morgan fingerprint density at radius 3 is 2.65 bits per heavy atom. The molecule has 1 aromatic rings. The van der Waals surface area contributed by atoms with Gasteiger partial charge in [0.2, 0.25) is 0 Å². The van der Waals surface area contributed by atoms with Crippen molar-refractivity contribution < 1.29 is 14.3 Å². The van der Waals surface area contributed by atoms with Crippen molar-refractivity contribution in [3.05, 3.63) is 23.8 Å². The van der Waals surface area contributed by atoms with Gasteiger partial charge in [-0.1, -0.05) is 6.92 Å². The quantitative estimate of drug-likeness (QED) is 0.441. The monoisotopic (exact) mass is 236 g/mol. The molecular formula is C12H16N2O3. The molecule has 0 fully saturated rings. The molecule has 1 aromatic heterocycles. The highest BCUT2D eigenvalue weighted by molar-refractivity contribution is 6.07. The van der Waals surface area contributed by atoms with Crippen molar-refractivity contribution in [3.63, 3.8) is 0 Å². The Bertz CT molecular complexity index is 418. The van der Waals surface area contributed by atoms with E-state index in [-0.39, 0.29) is 18.1 Å². The van der Waals surface area contributed by atoms with Gasteiger partial charge >= 0.3 is 5.97 Å². The van der Waals surface area contributed by atoms with E-state index in [9.17, 15) is 9.59 Å². The van der Waals surface area contributed by atoms with Gasteiger partial charge in [-0.3, -0.25) is 9.59 Å². The summed E-state index contributed by atoms with van der Waals surface area (Å²) in [6, 6.07) is 1.51. The predicted octanol–water partition coefficient (Wildman–Crippen LogP) is 1.56. The van der Waals surface area contributed by atoms with Gasteiger partial charge in [0, 0.05) is 6.20 Å². The zero-order chi connectivity index (χ0) is 12.8. The zero-order valence-corrected chi connectivity index (χ0v) is 10.3. The molecule has 0 radical (unpaired) electrons. The van der Waals surface area contributed by atoms with Gasteiger partial charge in [-0.15, -0.1) is 0 Å². The Hall–Kier alpha value is -1.78. The number of carbonyl (C=O) groups is 2. The molecule has 0 saturated carbocycles. The number of aryl methyl sites for hydroxylation is 1. The first kappa shape index (κ1) is 13.3. The van der Waals surface area contributed by atoms with Crippen molar-refractivity contribution in [1.82, 2.24) is 9.97 Å². The Morgan fingerprint density at radius 1 is 1.41 bits per heavy atom. The highest BCUT2D eigenvalue weighted by atomic mass is 16.5. The molecule has 0 aliphatic rings. The lowest BCUT2D eigenvalue weighted by Crippen LogP contribution is -2.26. The number of hydrogen-bond donors (Lipinski definition) is 0. The van der Waals surface area contributed by atoms with E-state index in [4.69, 9.17) is 4.74 Å². The number of Topliss-reactive ketones (excluding diaryl/α,β-unsaturated/α-hetero) is 1. The lowest BCUT2D eigenvalue weighted by molar-refractivity contribution is -0.146. The van der Waals surface area contributed by atoms with Gasteiger partial charge < -0.3 is 4.74 Å². The lowest BCUT2D eigenvalue weighted by atomic mass is 9.99. The summed E-state index contributed by atoms with van der Waals surface area (Å²) in [6.07, 6.45) is 1.91. The van der Waals surface area contributed by atoms with Crippen molar-refractivity contribution in [2.24, 2.45) is 5.92 Å². The molecule has 1 atom stereocenters. The van der Waals surface area contributed by atoms with Crippen LogP contribution in [0, 0.1) is 12.8 Å². The van der Waals surface area contributed by atoms with E-state index < -0.39 is 11.9 Å². The van der Waals surface area contributed by atoms with Crippen molar-refractivity contribution in [2.75, 3.05) is 6.61 Å². The molecule has 1 rings (SSSR count). The van der Waals surface area contributed by atoms with Crippen LogP contribution < -0.4 is 0 Å². The Kier molecular flexibility index (Phi) is 4.75. The molecule has 0 saturated heterocycles. The molecule has 0 aliphatic carbocycles. The molecule has 1 unspecified atom stereocenters. The minimum absolute atomic E-state index is 0.261. The SMILES string of the molecule is CCOC(=O)C(CC)C(=O)c1ccnc(C)n1. The number of nitrogens with zero attached hydrogens (tertiary/aromatic N) is 2. The number of ether oxygens (including phenoxy) is 1. The summed E-state index contributed by atoms with van der Waals surface area (Å²) in [5, 5.41) is 0. The number of hydrogen-bond acceptors (Lipinski definition) is 5. The average Bonchev–Trinajstić information content (AvgIpc) is 2.30. The minimum Gasteiger partial charge on any atom is -0.465 e. The molecule has 17 heavy (non-hydrogen) atoms. The van der Waals surface area contributed by atoms with Gasteiger partial charge in [-0.05, 0) is 26.3 Å². The molecule has 5 nitrogen and oxygen atoms in total. The van der Waals surface area contributed by atoms with Gasteiger partial charge in [0.05, 0.1) is 6.61 Å². The summed E-state index contributed by atoms with van der Waals surface area (Å²) in [7, 11) is 0. The van der Waals surface area contributed by atoms with Crippen molar-refractivity contribution in [3.8, 4) is 0 Å². The topological polar surface area (TPSA) is 69.2 Å². The van der Waals surface area contributed by atoms with E-state index in [2.05, 4.69) is 9.97 Å². The molecule has 0 N–H and O–H groups in total. The van der Waals surface area contributed by atoms with Crippen molar-refractivity contribution >= 4 is 11.8 Å². The molecular weight excluding hydrogens is 220 g/mol. The average molecular weight is 236 g/mol. The molecule has 0 aromatic carbocycles. The van der Waals surface area contributed by atoms with Crippen LogP contribution >= 0.6 is 0 Å². The van der Waals surface area contributed by atoms with E-state index in [0.29, 0.717) is 12.2 Å². The second-order valence-electron chi connectivity index (χ2n) is 3.57. The number of esters is 1. The largest absolute Gasteiger partial charge is 0.465 e.